The van der Waals surface area contributed by atoms with E-state index in [2.05, 4.69) is 20.4 Å². The number of aliphatic hydroxyl groups excluding tert-OH is 2. The van der Waals surface area contributed by atoms with E-state index in [4.69, 9.17) is 27.9 Å². The summed E-state index contributed by atoms with van der Waals surface area (Å²) in [6.07, 6.45) is -0.154. The van der Waals surface area contributed by atoms with E-state index in [-0.39, 0.29) is 17.7 Å². The van der Waals surface area contributed by atoms with Crippen molar-refractivity contribution in [3.63, 3.8) is 0 Å². The summed E-state index contributed by atoms with van der Waals surface area (Å²) in [6.45, 7) is -0.509. The van der Waals surface area contributed by atoms with Gasteiger partial charge in [0.15, 0.2) is 23.3 Å². The van der Waals surface area contributed by atoms with E-state index in [0.717, 1.165) is 12.1 Å². The van der Waals surface area contributed by atoms with Crippen molar-refractivity contribution in [1.82, 2.24) is 29.8 Å². The molecule has 2 aromatic carbocycles. The van der Waals surface area contributed by atoms with Crippen molar-refractivity contribution in [2.75, 3.05) is 6.61 Å². The number of rotatable bonds is 5. The van der Waals surface area contributed by atoms with Gasteiger partial charge in [-0.2, -0.15) is 5.10 Å². The zero-order valence-corrected chi connectivity index (χ0v) is 19.7. The minimum Gasteiger partial charge on any atom is -0.394 e. The molecule has 0 radical (unpaired) electrons. The molecule has 2 N–H and O–H groups in total. The number of aromatic nitrogens is 6. The summed E-state index contributed by atoms with van der Waals surface area (Å²) in [5, 5.41) is 33.5. The first-order chi connectivity index (χ1) is 17.3. The molecule has 3 unspecified atom stereocenters. The second kappa shape index (κ2) is 9.79. The fraction of sp³-hybridized carbons (Fsp3) is 0.273. The molecule has 1 fully saturated rings. The first kappa shape index (κ1) is 24.7. The van der Waals surface area contributed by atoms with Crippen molar-refractivity contribution < 1.29 is 28.1 Å². The maximum absolute atomic E-state index is 13.7. The van der Waals surface area contributed by atoms with Crippen molar-refractivity contribution in [1.29, 1.82) is 0 Å². The third kappa shape index (κ3) is 4.46. The predicted octanol–water partition coefficient (Wildman–Crippen LogP) is 3.67. The fourth-order valence-corrected chi connectivity index (χ4v) is 4.39. The Kier molecular flexibility index (Phi) is 6.70. The van der Waals surface area contributed by atoms with Crippen LogP contribution in [0, 0.1) is 17.5 Å². The van der Waals surface area contributed by atoms with E-state index < -0.39 is 48.4 Å². The molecule has 0 aliphatic carbocycles. The van der Waals surface area contributed by atoms with Crippen molar-refractivity contribution in [3.05, 3.63) is 76.2 Å². The molecule has 4 aromatic rings. The third-order valence-electron chi connectivity index (χ3n) is 5.89. The molecule has 5 rings (SSSR count). The lowest BCUT2D eigenvalue weighted by Crippen LogP contribution is -2.45. The van der Waals surface area contributed by atoms with Gasteiger partial charge in [0.2, 0.25) is 0 Å². The molecular weight excluding hydrogens is 524 g/mol. The average Bonchev–Trinajstić information content (AvgIpc) is 3.54. The number of ether oxygens (including phenoxy) is 1. The minimum absolute atomic E-state index is 0.0335. The smallest absolute Gasteiger partial charge is 0.194 e. The Bertz CT molecular complexity index is 1390. The SMILES string of the molecule is OCC1O[C@@H](c2ncnn2-c2ccc(Cl)c(Cl)c2)CC(n2cc(-c3cc(F)c(F)c(F)c3)nn2)C1O. The summed E-state index contributed by atoms with van der Waals surface area (Å²) >= 11 is 12.2. The van der Waals surface area contributed by atoms with Crippen LogP contribution >= 0.6 is 23.2 Å². The van der Waals surface area contributed by atoms with Gasteiger partial charge < -0.3 is 14.9 Å². The Morgan fingerprint density at radius 2 is 1.83 bits per heavy atom. The van der Waals surface area contributed by atoms with Crippen LogP contribution in [0.4, 0.5) is 13.2 Å². The Labute approximate surface area is 211 Å². The van der Waals surface area contributed by atoms with Crippen molar-refractivity contribution >= 4 is 23.2 Å². The molecule has 14 heteroatoms. The van der Waals surface area contributed by atoms with Crippen LogP contribution in [0.1, 0.15) is 24.4 Å². The van der Waals surface area contributed by atoms with Gasteiger partial charge in [-0.25, -0.2) is 27.5 Å². The first-order valence-electron chi connectivity index (χ1n) is 10.6. The maximum atomic E-state index is 13.7. The zero-order valence-electron chi connectivity index (χ0n) is 18.1. The Hall–Kier alpha value is -3.03. The lowest BCUT2D eigenvalue weighted by molar-refractivity contribution is -0.161. The first-order valence-corrected chi connectivity index (χ1v) is 11.4. The zero-order chi connectivity index (χ0) is 25.6. The highest BCUT2D eigenvalue weighted by atomic mass is 35.5. The van der Waals surface area contributed by atoms with Crippen LogP contribution in [-0.2, 0) is 4.74 Å². The van der Waals surface area contributed by atoms with E-state index in [1.54, 1.807) is 18.2 Å². The van der Waals surface area contributed by atoms with Gasteiger partial charge in [-0.15, -0.1) is 5.10 Å². The van der Waals surface area contributed by atoms with E-state index in [1.807, 2.05) is 0 Å². The molecule has 188 valence electrons. The number of halogens is 5. The van der Waals surface area contributed by atoms with Gasteiger partial charge in [-0.3, -0.25) is 0 Å². The van der Waals surface area contributed by atoms with Crippen LogP contribution in [0.2, 0.25) is 10.0 Å². The molecule has 9 nitrogen and oxygen atoms in total. The molecule has 1 aliphatic heterocycles. The number of hydrogen-bond acceptors (Lipinski definition) is 7. The van der Waals surface area contributed by atoms with Gasteiger partial charge >= 0.3 is 0 Å². The predicted molar refractivity (Wildman–Crippen MR) is 121 cm³/mol. The largest absolute Gasteiger partial charge is 0.394 e. The second-order valence-electron chi connectivity index (χ2n) is 8.11. The van der Waals surface area contributed by atoms with Crippen LogP contribution in [-0.4, -0.2) is 58.8 Å². The van der Waals surface area contributed by atoms with Crippen molar-refractivity contribution in [2.45, 2.75) is 30.8 Å². The highest BCUT2D eigenvalue weighted by Gasteiger charge is 2.41. The Balaban J connectivity index is 1.47. The van der Waals surface area contributed by atoms with Gasteiger partial charge in [0.25, 0.3) is 0 Å². The summed E-state index contributed by atoms with van der Waals surface area (Å²) in [7, 11) is 0. The van der Waals surface area contributed by atoms with Crippen LogP contribution in [0.15, 0.2) is 42.9 Å². The lowest BCUT2D eigenvalue weighted by Gasteiger charge is -2.38. The molecule has 3 heterocycles. The normalized spacial score (nSPS) is 22.2. The number of nitrogens with zero attached hydrogens (tertiary/aromatic N) is 6. The van der Waals surface area contributed by atoms with Gasteiger partial charge in [-0.1, -0.05) is 28.4 Å². The molecule has 0 bridgehead atoms. The summed E-state index contributed by atoms with van der Waals surface area (Å²) in [5.41, 5.74) is 0.587. The highest BCUT2D eigenvalue weighted by Crippen LogP contribution is 2.38. The monoisotopic (exact) mass is 540 g/mol. The van der Waals surface area contributed by atoms with Gasteiger partial charge in [-0.05, 0) is 30.3 Å². The van der Waals surface area contributed by atoms with Crippen LogP contribution in [0.3, 0.4) is 0 Å². The van der Waals surface area contributed by atoms with E-state index in [9.17, 15) is 23.4 Å². The number of hydrogen-bond donors (Lipinski definition) is 2. The molecule has 0 amide bonds. The maximum Gasteiger partial charge on any atom is 0.194 e. The second-order valence-corrected chi connectivity index (χ2v) is 8.92. The van der Waals surface area contributed by atoms with Crippen molar-refractivity contribution in [3.8, 4) is 16.9 Å². The Morgan fingerprint density at radius 3 is 2.53 bits per heavy atom. The molecular formula is C22H17Cl2F3N6O3. The summed E-state index contributed by atoms with van der Waals surface area (Å²) < 4.78 is 49.4. The Morgan fingerprint density at radius 1 is 1.08 bits per heavy atom. The van der Waals surface area contributed by atoms with Crippen LogP contribution in [0.25, 0.3) is 16.9 Å². The van der Waals surface area contributed by atoms with Gasteiger partial charge in [0, 0.05) is 12.0 Å². The topological polar surface area (TPSA) is 111 Å². The average molecular weight is 541 g/mol. The van der Waals surface area contributed by atoms with E-state index in [1.165, 1.54) is 21.9 Å². The number of aliphatic hydroxyl groups is 2. The summed E-state index contributed by atoms with van der Waals surface area (Å²) in [6, 6.07) is 5.73. The van der Waals surface area contributed by atoms with Gasteiger partial charge in [0.05, 0.1) is 34.6 Å². The molecule has 4 atom stereocenters. The minimum atomic E-state index is -1.59. The molecule has 0 spiro atoms. The quantitative estimate of drug-likeness (QED) is 0.371. The standard InChI is InChI=1S/C22H17Cl2F3N6O3/c23-12-2-1-11(5-13(12)24)33-22(28-9-29-33)18-6-17(21(35)19(8-34)36-18)32-7-16(30-31-32)10-3-14(25)20(27)15(26)4-10/h1-5,7,9,17-19,21,34-35H,6,8H2/t17?,18-,19?,21?/m1/s1. The van der Waals surface area contributed by atoms with Crippen LogP contribution in [0.5, 0.6) is 0 Å². The molecule has 36 heavy (non-hydrogen) atoms. The fourth-order valence-electron chi connectivity index (χ4n) is 4.10. The van der Waals surface area contributed by atoms with E-state index >= 15 is 0 Å². The van der Waals surface area contributed by atoms with Crippen LogP contribution < -0.4 is 0 Å². The highest BCUT2D eigenvalue weighted by molar-refractivity contribution is 6.42. The lowest BCUT2D eigenvalue weighted by atomic mass is 9.95. The van der Waals surface area contributed by atoms with E-state index in [0.29, 0.717) is 21.6 Å². The molecule has 2 aromatic heterocycles. The number of benzene rings is 2. The summed E-state index contributed by atoms with van der Waals surface area (Å²) in [4.78, 5) is 4.29. The van der Waals surface area contributed by atoms with Crippen molar-refractivity contribution in [2.24, 2.45) is 0 Å². The third-order valence-corrected chi connectivity index (χ3v) is 6.63. The molecule has 1 saturated heterocycles. The molecule has 0 saturated carbocycles. The molecule has 1 aliphatic rings. The van der Waals surface area contributed by atoms with Gasteiger partial charge in [0.1, 0.15) is 30.3 Å². The summed E-state index contributed by atoms with van der Waals surface area (Å²) in [5.74, 6) is -3.96.